The van der Waals surface area contributed by atoms with Crippen LogP contribution in [0, 0.1) is 0 Å². The van der Waals surface area contributed by atoms with Crippen LogP contribution in [0.15, 0.2) is 0 Å². The topological polar surface area (TPSA) is 15.3 Å². The Hall–Kier alpha value is 0.270. The van der Waals surface area contributed by atoms with E-state index in [1.807, 2.05) is 0 Å². The molecule has 0 aromatic carbocycles. The molecule has 1 atom stereocenters. The molecule has 1 spiro atoms. The van der Waals surface area contributed by atoms with Gasteiger partial charge >= 0.3 is 0 Å². The van der Waals surface area contributed by atoms with Gasteiger partial charge in [0.05, 0.1) is 0 Å². The van der Waals surface area contributed by atoms with Crippen LogP contribution in [0.1, 0.15) is 58.8 Å². The summed E-state index contributed by atoms with van der Waals surface area (Å²) in [6.45, 7) is 8.43. The summed E-state index contributed by atoms with van der Waals surface area (Å²) in [5, 5.41) is 3.94. The molecule has 2 nitrogen and oxygen atoms in total. The van der Waals surface area contributed by atoms with Crippen LogP contribution in [-0.4, -0.2) is 47.6 Å². The Kier molecular flexibility index (Phi) is 6.51. The van der Waals surface area contributed by atoms with Crippen molar-refractivity contribution in [3.63, 3.8) is 0 Å². The standard InChI is InChI=1S/C16H32N2S/c1-3-8-15-13-17-16(9-6-5-7-10-16)14-18(15)11-12-19-4-2/h15,17H,3-14H2,1-2H3. The third-order valence-corrected chi connectivity index (χ3v) is 5.77. The van der Waals surface area contributed by atoms with Crippen LogP contribution in [-0.2, 0) is 0 Å². The highest BCUT2D eigenvalue weighted by molar-refractivity contribution is 7.99. The van der Waals surface area contributed by atoms with E-state index in [0.717, 1.165) is 6.04 Å². The summed E-state index contributed by atoms with van der Waals surface area (Å²) in [7, 11) is 0. The lowest BCUT2D eigenvalue weighted by Gasteiger charge is -2.50. The summed E-state index contributed by atoms with van der Waals surface area (Å²) in [6.07, 6.45) is 9.81. The summed E-state index contributed by atoms with van der Waals surface area (Å²) >= 11 is 2.09. The van der Waals surface area contributed by atoms with Crippen molar-refractivity contribution in [1.29, 1.82) is 0 Å². The van der Waals surface area contributed by atoms with Gasteiger partial charge in [-0.05, 0) is 25.0 Å². The lowest BCUT2D eigenvalue weighted by Crippen LogP contribution is -2.65. The van der Waals surface area contributed by atoms with E-state index in [0.29, 0.717) is 5.54 Å². The monoisotopic (exact) mass is 284 g/mol. The quantitative estimate of drug-likeness (QED) is 0.751. The zero-order valence-electron chi connectivity index (χ0n) is 12.9. The fourth-order valence-corrected chi connectivity index (χ4v) is 4.46. The van der Waals surface area contributed by atoms with Crippen LogP contribution in [0.3, 0.4) is 0 Å². The molecule has 2 aliphatic rings. The maximum absolute atomic E-state index is 3.94. The predicted octanol–water partition coefficient (Wildman–Crippen LogP) is 3.52. The van der Waals surface area contributed by atoms with E-state index in [2.05, 4.69) is 35.8 Å². The van der Waals surface area contributed by atoms with Crippen LogP contribution in [0.4, 0.5) is 0 Å². The van der Waals surface area contributed by atoms with Crippen molar-refractivity contribution >= 4 is 11.8 Å². The van der Waals surface area contributed by atoms with E-state index in [1.165, 1.54) is 76.1 Å². The zero-order valence-corrected chi connectivity index (χ0v) is 13.7. The summed E-state index contributed by atoms with van der Waals surface area (Å²) in [4.78, 5) is 2.81. The summed E-state index contributed by atoms with van der Waals surface area (Å²) in [5.41, 5.74) is 0.472. The number of hydrogen-bond donors (Lipinski definition) is 1. The average Bonchev–Trinajstić information content (AvgIpc) is 2.43. The number of piperazine rings is 1. The smallest absolute Gasteiger partial charge is 0.0309 e. The Bertz CT molecular complexity index is 251. The molecular weight excluding hydrogens is 252 g/mol. The minimum absolute atomic E-state index is 0.472. The molecule has 2 rings (SSSR count). The minimum Gasteiger partial charge on any atom is -0.308 e. The van der Waals surface area contributed by atoms with Crippen LogP contribution >= 0.6 is 11.8 Å². The Morgan fingerprint density at radius 1 is 1.21 bits per heavy atom. The van der Waals surface area contributed by atoms with Crippen LogP contribution in [0.25, 0.3) is 0 Å². The lowest BCUT2D eigenvalue weighted by atomic mass is 9.79. The molecule has 0 aromatic rings. The van der Waals surface area contributed by atoms with E-state index in [-0.39, 0.29) is 0 Å². The van der Waals surface area contributed by atoms with Gasteiger partial charge < -0.3 is 5.32 Å². The molecule has 2 fully saturated rings. The fourth-order valence-electron chi connectivity index (χ4n) is 3.81. The molecule has 0 aromatic heterocycles. The highest BCUT2D eigenvalue weighted by atomic mass is 32.2. The van der Waals surface area contributed by atoms with Crippen molar-refractivity contribution in [2.45, 2.75) is 70.4 Å². The molecule has 1 aliphatic heterocycles. The molecule has 3 heteroatoms. The van der Waals surface area contributed by atoms with Crippen molar-refractivity contribution in [2.24, 2.45) is 0 Å². The molecule has 0 amide bonds. The first-order chi connectivity index (χ1) is 9.29. The van der Waals surface area contributed by atoms with Crippen LogP contribution in [0.2, 0.25) is 0 Å². The van der Waals surface area contributed by atoms with Gasteiger partial charge in [-0.25, -0.2) is 0 Å². The Balaban J connectivity index is 1.91. The van der Waals surface area contributed by atoms with Crippen molar-refractivity contribution in [3.05, 3.63) is 0 Å². The molecule has 19 heavy (non-hydrogen) atoms. The first kappa shape index (κ1) is 15.7. The number of thioether (sulfide) groups is 1. The molecule has 1 unspecified atom stereocenters. The van der Waals surface area contributed by atoms with Crippen molar-refractivity contribution in [1.82, 2.24) is 10.2 Å². The van der Waals surface area contributed by atoms with E-state index in [1.54, 1.807) is 0 Å². The summed E-state index contributed by atoms with van der Waals surface area (Å²) < 4.78 is 0. The fraction of sp³-hybridized carbons (Fsp3) is 1.00. The largest absolute Gasteiger partial charge is 0.308 e. The first-order valence-corrected chi connectivity index (χ1v) is 9.52. The zero-order chi connectivity index (χ0) is 13.6. The molecule has 1 saturated carbocycles. The van der Waals surface area contributed by atoms with E-state index in [4.69, 9.17) is 0 Å². The minimum atomic E-state index is 0.472. The van der Waals surface area contributed by atoms with Crippen LogP contribution in [0.5, 0.6) is 0 Å². The van der Waals surface area contributed by atoms with Gasteiger partial charge in [0.15, 0.2) is 0 Å². The number of nitrogens with one attached hydrogen (secondary N) is 1. The lowest BCUT2D eigenvalue weighted by molar-refractivity contribution is 0.0567. The highest BCUT2D eigenvalue weighted by Crippen LogP contribution is 2.32. The molecule has 1 aliphatic carbocycles. The number of rotatable bonds is 6. The molecule has 1 saturated heterocycles. The SMILES string of the molecule is CCCC1CNC2(CCCCC2)CN1CCSCC. The van der Waals surface area contributed by atoms with Gasteiger partial charge in [-0.3, -0.25) is 4.90 Å². The first-order valence-electron chi connectivity index (χ1n) is 8.36. The van der Waals surface area contributed by atoms with E-state index in [9.17, 15) is 0 Å². The third kappa shape index (κ3) is 4.37. The van der Waals surface area contributed by atoms with Gasteiger partial charge in [0, 0.05) is 37.0 Å². The second-order valence-corrected chi connectivity index (χ2v) is 7.73. The van der Waals surface area contributed by atoms with Gasteiger partial charge in [0.2, 0.25) is 0 Å². The third-order valence-electron chi connectivity index (χ3n) is 4.89. The van der Waals surface area contributed by atoms with Gasteiger partial charge in [0.25, 0.3) is 0 Å². The molecule has 0 bridgehead atoms. The van der Waals surface area contributed by atoms with Gasteiger partial charge in [-0.15, -0.1) is 0 Å². The van der Waals surface area contributed by atoms with Gasteiger partial charge in [-0.2, -0.15) is 11.8 Å². The summed E-state index contributed by atoms with van der Waals surface area (Å²) in [5.74, 6) is 2.57. The molecule has 0 radical (unpaired) electrons. The molecule has 112 valence electrons. The van der Waals surface area contributed by atoms with Gasteiger partial charge in [-0.1, -0.05) is 39.5 Å². The second-order valence-electron chi connectivity index (χ2n) is 6.33. The summed E-state index contributed by atoms with van der Waals surface area (Å²) in [6, 6.07) is 0.787. The molecular formula is C16H32N2S. The normalized spacial score (nSPS) is 27.8. The molecule has 1 heterocycles. The Morgan fingerprint density at radius 2 is 2.00 bits per heavy atom. The van der Waals surface area contributed by atoms with Crippen molar-refractivity contribution in [3.8, 4) is 0 Å². The van der Waals surface area contributed by atoms with E-state index < -0.39 is 0 Å². The van der Waals surface area contributed by atoms with E-state index >= 15 is 0 Å². The van der Waals surface area contributed by atoms with Gasteiger partial charge in [0.1, 0.15) is 0 Å². The molecule has 1 N–H and O–H groups in total. The maximum Gasteiger partial charge on any atom is 0.0309 e. The second kappa shape index (κ2) is 7.90. The number of hydrogen-bond acceptors (Lipinski definition) is 3. The maximum atomic E-state index is 3.94. The Morgan fingerprint density at radius 3 is 2.68 bits per heavy atom. The predicted molar refractivity (Wildman–Crippen MR) is 87.1 cm³/mol. The van der Waals surface area contributed by atoms with Crippen molar-refractivity contribution < 1.29 is 0 Å². The van der Waals surface area contributed by atoms with Crippen LogP contribution < -0.4 is 5.32 Å². The average molecular weight is 285 g/mol. The van der Waals surface area contributed by atoms with Crippen molar-refractivity contribution in [2.75, 3.05) is 31.1 Å². The Labute approximate surface area is 124 Å². The number of nitrogens with zero attached hydrogens (tertiary/aromatic N) is 1. The highest BCUT2D eigenvalue weighted by Gasteiger charge is 2.39.